The summed E-state index contributed by atoms with van der Waals surface area (Å²) in [6, 6.07) is 6.54. The van der Waals surface area contributed by atoms with E-state index < -0.39 is 0 Å². The number of nitrogens with one attached hydrogen (secondary N) is 1. The maximum Gasteiger partial charge on any atom is 0.297 e. The minimum absolute atomic E-state index is 0.0502. The van der Waals surface area contributed by atoms with Gasteiger partial charge in [0, 0.05) is 43.4 Å². The summed E-state index contributed by atoms with van der Waals surface area (Å²) in [5.74, 6) is 0.0522. The Bertz CT molecular complexity index is 1040. The van der Waals surface area contributed by atoms with Crippen molar-refractivity contribution < 1.29 is 14.0 Å². The molecule has 3 saturated heterocycles. The first-order valence-corrected chi connectivity index (χ1v) is 11.1. The highest BCUT2D eigenvalue weighted by Crippen LogP contribution is 2.46. The fourth-order valence-corrected chi connectivity index (χ4v) is 5.21. The number of piperidine rings is 1. The Labute approximate surface area is 186 Å². The number of hydrogen-bond donors (Lipinski definition) is 1. The topological polar surface area (TPSA) is 78.7 Å². The van der Waals surface area contributed by atoms with Crippen LogP contribution >= 0.6 is 11.6 Å². The van der Waals surface area contributed by atoms with Crippen molar-refractivity contribution >= 4 is 35.1 Å². The van der Waals surface area contributed by atoms with E-state index in [4.69, 9.17) is 16.0 Å². The van der Waals surface area contributed by atoms with E-state index in [1.807, 2.05) is 24.4 Å². The largest absolute Gasteiger partial charge is 0.428 e. The molecule has 3 aliphatic rings. The number of amides is 2. The van der Waals surface area contributed by atoms with E-state index in [2.05, 4.69) is 40.9 Å². The molecule has 31 heavy (non-hydrogen) atoms. The molecule has 3 aliphatic heterocycles. The second kappa shape index (κ2) is 6.99. The molecule has 2 amide bonds. The highest BCUT2D eigenvalue weighted by Gasteiger charge is 2.53. The molecule has 7 nitrogen and oxygen atoms in total. The predicted molar refractivity (Wildman–Crippen MR) is 119 cm³/mol. The van der Waals surface area contributed by atoms with Gasteiger partial charge in [0.15, 0.2) is 0 Å². The molecule has 0 saturated carbocycles. The van der Waals surface area contributed by atoms with E-state index >= 15 is 0 Å². The number of carbonyl (C=O) groups excluding carboxylic acids is 2. The zero-order valence-corrected chi connectivity index (χ0v) is 18.8. The van der Waals surface area contributed by atoms with Crippen LogP contribution in [0.15, 0.2) is 28.8 Å². The Kier molecular flexibility index (Phi) is 4.59. The number of anilines is 2. The summed E-state index contributed by atoms with van der Waals surface area (Å²) in [5, 5.41) is 3.04. The average molecular weight is 443 g/mol. The standard InChI is InChI=1S/C23H27ClN4O3/c1-22(2,3)17-9-25-21(31-17)28-12-23(13-28)10-27(11-23)16-6-4-5-14(19(16)24)15-7-8-18(29)26-20(15)30/h4-6,9,15H,7-8,10-13H2,1-3H3,(H,26,29,30). The minimum Gasteiger partial charge on any atom is -0.428 e. The number of imide groups is 1. The van der Waals surface area contributed by atoms with Crippen LogP contribution in [0.3, 0.4) is 0 Å². The molecule has 4 heterocycles. The molecule has 1 atom stereocenters. The average Bonchev–Trinajstić information content (AvgIpc) is 3.11. The number of rotatable bonds is 3. The van der Waals surface area contributed by atoms with Crippen molar-refractivity contribution in [1.29, 1.82) is 0 Å². The molecule has 1 unspecified atom stereocenters. The van der Waals surface area contributed by atoms with Crippen LogP contribution < -0.4 is 15.1 Å². The fraction of sp³-hybridized carbons (Fsp3) is 0.522. The van der Waals surface area contributed by atoms with E-state index in [9.17, 15) is 9.59 Å². The van der Waals surface area contributed by atoms with Gasteiger partial charge >= 0.3 is 0 Å². The Morgan fingerprint density at radius 2 is 1.87 bits per heavy atom. The molecule has 0 bridgehead atoms. The van der Waals surface area contributed by atoms with Crippen LogP contribution in [0.1, 0.15) is 50.9 Å². The number of nitrogens with zero attached hydrogens (tertiary/aromatic N) is 3. The van der Waals surface area contributed by atoms with Crippen molar-refractivity contribution in [3.05, 3.63) is 40.7 Å². The van der Waals surface area contributed by atoms with Crippen LogP contribution in [0.4, 0.5) is 11.7 Å². The Balaban J connectivity index is 1.24. The van der Waals surface area contributed by atoms with E-state index in [1.165, 1.54) is 0 Å². The van der Waals surface area contributed by atoms with Crippen LogP contribution in [-0.4, -0.2) is 43.0 Å². The van der Waals surface area contributed by atoms with Gasteiger partial charge in [0.25, 0.3) is 6.01 Å². The third-order valence-corrected chi connectivity index (χ3v) is 6.98. The smallest absolute Gasteiger partial charge is 0.297 e. The van der Waals surface area contributed by atoms with E-state index in [-0.39, 0.29) is 28.6 Å². The molecule has 1 aromatic carbocycles. The molecule has 1 N–H and O–H groups in total. The van der Waals surface area contributed by atoms with Crippen molar-refractivity contribution in [1.82, 2.24) is 10.3 Å². The lowest BCUT2D eigenvalue weighted by molar-refractivity contribution is -0.134. The SMILES string of the molecule is CC(C)(C)c1cnc(N2CC3(C2)CN(c2cccc(C4CCC(=O)NC4=O)c2Cl)C3)o1. The van der Waals surface area contributed by atoms with Crippen LogP contribution in [0.2, 0.25) is 5.02 Å². The van der Waals surface area contributed by atoms with Gasteiger partial charge in [-0.15, -0.1) is 0 Å². The Morgan fingerprint density at radius 3 is 2.52 bits per heavy atom. The first-order valence-electron chi connectivity index (χ1n) is 10.7. The van der Waals surface area contributed by atoms with Crippen molar-refractivity contribution in [2.75, 3.05) is 36.0 Å². The van der Waals surface area contributed by atoms with E-state index in [0.717, 1.165) is 43.2 Å². The third kappa shape index (κ3) is 3.49. The summed E-state index contributed by atoms with van der Waals surface area (Å²) >= 11 is 6.73. The number of halogens is 1. The number of aromatic nitrogens is 1. The van der Waals surface area contributed by atoms with Gasteiger partial charge in [-0.25, -0.2) is 4.98 Å². The molecule has 2 aromatic rings. The summed E-state index contributed by atoms with van der Waals surface area (Å²) < 4.78 is 5.96. The predicted octanol–water partition coefficient (Wildman–Crippen LogP) is 3.47. The second-order valence-corrected chi connectivity index (χ2v) is 10.5. The van der Waals surface area contributed by atoms with Gasteiger partial charge in [0.2, 0.25) is 11.8 Å². The van der Waals surface area contributed by atoms with Crippen LogP contribution in [0, 0.1) is 5.41 Å². The van der Waals surface area contributed by atoms with E-state index in [1.54, 1.807) is 0 Å². The number of oxazole rings is 1. The molecule has 3 fully saturated rings. The quantitative estimate of drug-likeness (QED) is 0.733. The first kappa shape index (κ1) is 20.4. The maximum atomic E-state index is 12.3. The van der Waals surface area contributed by atoms with Crippen LogP contribution in [0.5, 0.6) is 0 Å². The van der Waals surface area contributed by atoms with Gasteiger partial charge in [-0.05, 0) is 18.1 Å². The van der Waals surface area contributed by atoms with Crippen molar-refractivity contribution in [3.63, 3.8) is 0 Å². The number of benzene rings is 1. The summed E-state index contributed by atoms with van der Waals surface area (Å²) in [5.41, 5.74) is 1.93. The Morgan fingerprint density at radius 1 is 1.16 bits per heavy atom. The molecule has 0 radical (unpaired) electrons. The van der Waals surface area contributed by atoms with Crippen molar-refractivity contribution in [3.8, 4) is 0 Å². The van der Waals surface area contributed by atoms with Gasteiger partial charge in [-0.3, -0.25) is 14.9 Å². The van der Waals surface area contributed by atoms with E-state index in [0.29, 0.717) is 23.9 Å². The zero-order valence-electron chi connectivity index (χ0n) is 18.1. The fourth-order valence-electron chi connectivity index (χ4n) is 4.83. The molecular weight excluding hydrogens is 416 g/mol. The van der Waals surface area contributed by atoms with Gasteiger partial charge in [-0.1, -0.05) is 44.5 Å². The molecular formula is C23H27ClN4O3. The monoisotopic (exact) mass is 442 g/mol. The molecule has 0 aliphatic carbocycles. The van der Waals surface area contributed by atoms with Gasteiger partial charge in [-0.2, -0.15) is 0 Å². The molecule has 164 valence electrons. The van der Waals surface area contributed by atoms with Crippen molar-refractivity contribution in [2.24, 2.45) is 5.41 Å². The molecule has 1 aromatic heterocycles. The van der Waals surface area contributed by atoms with Gasteiger partial charge in [0.1, 0.15) is 5.76 Å². The van der Waals surface area contributed by atoms with Gasteiger partial charge in [0.05, 0.1) is 22.8 Å². The lowest BCUT2D eigenvalue weighted by atomic mass is 9.72. The summed E-state index contributed by atoms with van der Waals surface area (Å²) in [6.45, 7) is 10.0. The highest BCUT2D eigenvalue weighted by molar-refractivity contribution is 6.34. The lowest BCUT2D eigenvalue weighted by Gasteiger charge is -2.60. The third-order valence-electron chi connectivity index (χ3n) is 6.57. The molecule has 1 spiro atoms. The summed E-state index contributed by atoms with van der Waals surface area (Å²) in [7, 11) is 0. The molecule has 5 rings (SSSR count). The molecule has 8 heteroatoms. The highest BCUT2D eigenvalue weighted by atomic mass is 35.5. The van der Waals surface area contributed by atoms with Gasteiger partial charge < -0.3 is 14.2 Å². The number of hydrogen-bond acceptors (Lipinski definition) is 6. The number of carbonyl (C=O) groups is 2. The lowest BCUT2D eigenvalue weighted by Crippen LogP contribution is -2.72. The minimum atomic E-state index is -0.373. The first-order chi connectivity index (χ1) is 14.7. The van der Waals surface area contributed by atoms with Crippen molar-refractivity contribution in [2.45, 2.75) is 44.9 Å². The summed E-state index contributed by atoms with van der Waals surface area (Å²) in [6.07, 6.45) is 2.67. The van der Waals surface area contributed by atoms with Crippen LogP contribution in [-0.2, 0) is 15.0 Å². The zero-order chi connectivity index (χ0) is 22.0. The second-order valence-electron chi connectivity index (χ2n) is 10.2. The maximum absolute atomic E-state index is 12.3. The summed E-state index contributed by atoms with van der Waals surface area (Å²) in [4.78, 5) is 32.7. The van der Waals surface area contributed by atoms with Crippen LogP contribution in [0.25, 0.3) is 0 Å². The normalized spacial score (nSPS) is 22.9. The Hall–Kier alpha value is -2.54.